The lowest BCUT2D eigenvalue weighted by Gasteiger charge is -2.09. The fourth-order valence-corrected chi connectivity index (χ4v) is 3.16. The number of nitrogens with one attached hydrogen (secondary N) is 1. The molecule has 0 heterocycles. The van der Waals surface area contributed by atoms with Gasteiger partial charge in [-0.25, -0.2) is 4.79 Å². The summed E-state index contributed by atoms with van der Waals surface area (Å²) in [4.78, 5) is 23.8. The highest BCUT2D eigenvalue weighted by atomic mass is 79.9. The number of para-hydroxylation sites is 1. The van der Waals surface area contributed by atoms with Crippen molar-refractivity contribution in [3.8, 4) is 11.5 Å². The first-order valence-corrected chi connectivity index (χ1v) is 10.3. The van der Waals surface area contributed by atoms with E-state index in [0.717, 1.165) is 16.6 Å². The van der Waals surface area contributed by atoms with Crippen LogP contribution in [0, 0.1) is 0 Å². The quantitative estimate of drug-likeness (QED) is 0.373. The summed E-state index contributed by atoms with van der Waals surface area (Å²) < 4.78 is 44.4. The number of benzene rings is 3. The zero-order chi connectivity index (χ0) is 24.0. The topological polar surface area (TPSA) is 75.6 Å². The van der Waals surface area contributed by atoms with Crippen molar-refractivity contribution in [2.75, 3.05) is 0 Å². The third-order valence-electron chi connectivity index (χ3n) is 4.41. The van der Waals surface area contributed by atoms with E-state index in [1.54, 1.807) is 30.3 Å². The van der Waals surface area contributed by atoms with Crippen molar-refractivity contribution >= 4 is 33.9 Å². The molecule has 170 valence electrons. The summed E-state index contributed by atoms with van der Waals surface area (Å²) in [5.74, 6) is -0.883. The maximum absolute atomic E-state index is 12.6. The molecule has 1 amide bonds. The van der Waals surface area contributed by atoms with Crippen LogP contribution in [0.1, 0.15) is 16.7 Å². The van der Waals surface area contributed by atoms with Crippen LogP contribution in [-0.4, -0.2) is 17.0 Å². The van der Waals surface area contributed by atoms with Gasteiger partial charge >= 0.3 is 12.1 Å². The van der Waals surface area contributed by atoms with Gasteiger partial charge in [0.15, 0.2) is 0 Å². The van der Waals surface area contributed by atoms with Crippen molar-refractivity contribution in [3.63, 3.8) is 0 Å². The van der Waals surface area contributed by atoms with Crippen LogP contribution >= 0.6 is 15.9 Å². The van der Waals surface area contributed by atoms with E-state index in [-0.39, 0.29) is 12.1 Å². The molecule has 0 radical (unpaired) electrons. The van der Waals surface area contributed by atoms with Gasteiger partial charge < -0.3 is 15.2 Å². The molecule has 0 bridgehead atoms. The molecule has 2 N–H and O–H groups in total. The number of halogens is 4. The molecule has 0 atom stereocenters. The Kier molecular flexibility index (Phi) is 7.55. The van der Waals surface area contributed by atoms with Gasteiger partial charge in [0.2, 0.25) is 5.91 Å². The van der Waals surface area contributed by atoms with Crippen molar-refractivity contribution in [2.45, 2.75) is 12.6 Å². The lowest BCUT2D eigenvalue weighted by atomic mass is 10.1. The van der Waals surface area contributed by atoms with Crippen molar-refractivity contribution in [1.82, 2.24) is 5.32 Å². The molecule has 0 aromatic heterocycles. The molecule has 0 saturated carbocycles. The highest BCUT2D eigenvalue weighted by Gasteiger charge is 2.30. The molecule has 0 spiro atoms. The first-order chi connectivity index (χ1) is 15.6. The van der Waals surface area contributed by atoms with Crippen LogP contribution in [-0.2, 0) is 22.2 Å². The zero-order valence-corrected chi connectivity index (χ0v) is 18.5. The van der Waals surface area contributed by atoms with E-state index in [1.807, 2.05) is 18.2 Å². The number of hydrogen-bond donors (Lipinski definition) is 2. The van der Waals surface area contributed by atoms with Crippen LogP contribution in [0.2, 0.25) is 0 Å². The molecule has 3 rings (SSSR count). The maximum Gasteiger partial charge on any atom is 0.416 e. The number of amides is 1. The number of carboxylic acid groups (broad SMARTS) is 1. The molecule has 0 unspecified atom stereocenters. The minimum Gasteiger partial charge on any atom is -0.477 e. The smallest absolute Gasteiger partial charge is 0.416 e. The molecule has 3 aromatic carbocycles. The number of carbonyl (C=O) groups is 2. The van der Waals surface area contributed by atoms with Crippen LogP contribution in [0.15, 0.2) is 83.0 Å². The third-order valence-corrected chi connectivity index (χ3v) is 5.06. The molecule has 0 aliphatic carbocycles. The monoisotopic (exact) mass is 519 g/mol. The van der Waals surface area contributed by atoms with Gasteiger partial charge in [-0.2, -0.15) is 13.2 Å². The van der Waals surface area contributed by atoms with Crippen LogP contribution < -0.4 is 10.1 Å². The van der Waals surface area contributed by atoms with E-state index in [2.05, 4.69) is 21.2 Å². The summed E-state index contributed by atoms with van der Waals surface area (Å²) in [5, 5.41) is 11.7. The lowest BCUT2D eigenvalue weighted by molar-refractivity contribution is -0.137. The Hall–Kier alpha value is -3.59. The number of carbonyl (C=O) groups excluding carboxylic acids is 1. The van der Waals surface area contributed by atoms with Crippen LogP contribution in [0.4, 0.5) is 13.2 Å². The van der Waals surface area contributed by atoms with Gasteiger partial charge in [0.05, 0.1) is 16.5 Å². The van der Waals surface area contributed by atoms with Gasteiger partial charge in [0.25, 0.3) is 0 Å². The average molecular weight is 520 g/mol. The molecule has 5 nitrogen and oxygen atoms in total. The number of aliphatic carboxylic acids is 1. The predicted octanol–water partition coefficient (Wildman–Crippen LogP) is 6.04. The highest BCUT2D eigenvalue weighted by molar-refractivity contribution is 9.10. The largest absolute Gasteiger partial charge is 0.477 e. The van der Waals surface area contributed by atoms with Crippen LogP contribution in [0.3, 0.4) is 0 Å². The summed E-state index contributed by atoms with van der Waals surface area (Å²) in [6, 6.07) is 17.9. The Morgan fingerprint density at radius 2 is 1.61 bits per heavy atom. The highest BCUT2D eigenvalue weighted by Crippen LogP contribution is 2.30. The van der Waals surface area contributed by atoms with Gasteiger partial charge in [0.1, 0.15) is 17.2 Å². The molecular weight excluding hydrogens is 503 g/mol. The second-order valence-electron chi connectivity index (χ2n) is 6.88. The standard InChI is InChI=1S/C24H17BrF3NO4/c25-19-3-1-2-4-21(19)33-18-11-7-15(8-12-18)13-20(23(31)32)29-22(30)14-16-5-9-17(10-6-16)24(26,27)28/h1-13H,14H2,(H,29,30)(H,31,32). The Morgan fingerprint density at radius 1 is 0.970 bits per heavy atom. The van der Waals surface area contributed by atoms with E-state index < -0.39 is 23.6 Å². The van der Waals surface area contributed by atoms with E-state index in [1.165, 1.54) is 18.2 Å². The normalized spacial score (nSPS) is 11.7. The third kappa shape index (κ3) is 6.95. The Balaban J connectivity index is 1.67. The average Bonchev–Trinajstić information content (AvgIpc) is 2.76. The maximum atomic E-state index is 12.6. The predicted molar refractivity (Wildman–Crippen MR) is 120 cm³/mol. The molecule has 33 heavy (non-hydrogen) atoms. The van der Waals surface area contributed by atoms with Crippen molar-refractivity contribution < 1.29 is 32.6 Å². The van der Waals surface area contributed by atoms with Crippen molar-refractivity contribution in [1.29, 1.82) is 0 Å². The van der Waals surface area contributed by atoms with Gasteiger partial charge in [-0.15, -0.1) is 0 Å². The van der Waals surface area contributed by atoms with Crippen molar-refractivity contribution in [3.05, 3.63) is 99.7 Å². The first kappa shape index (κ1) is 24.1. The number of carboxylic acids is 1. The fraction of sp³-hybridized carbons (Fsp3) is 0.0833. The second kappa shape index (κ2) is 10.4. The van der Waals surface area contributed by atoms with Crippen molar-refractivity contribution in [2.24, 2.45) is 0 Å². The van der Waals surface area contributed by atoms with E-state index in [9.17, 15) is 27.9 Å². The van der Waals surface area contributed by atoms with E-state index in [0.29, 0.717) is 22.6 Å². The van der Waals surface area contributed by atoms with Gasteiger partial charge in [-0.05, 0) is 69.5 Å². The molecule has 0 aliphatic heterocycles. The summed E-state index contributed by atoms with van der Waals surface area (Å²) >= 11 is 3.39. The van der Waals surface area contributed by atoms with Gasteiger partial charge in [0, 0.05) is 0 Å². The number of hydrogen-bond acceptors (Lipinski definition) is 3. The molecule has 0 aliphatic rings. The zero-order valence-electron chi connectivity index (χ0n) is 16.9. The van der Waals surface area contributed by atoms with Gasteiger partial charge in [-0.3, -0.25) is 4.79 Å². The lowest BCUT2D eigenvalue weighted by Crippen LogP contribution is -2.28. The van der Waals surface area contributed by atoms with Crippen LogP contribution in [0.25, 0.3) is 6.08 Å². The number of ether oxygens (including phenoxy) is 1. The fourth-order valence-electron chi connectivity index (χ4n) is 2.80. The summed E-state index contributed by atoms with van der Waals surface area (Å²) in [7, 11) is 0. The number of rotatable bonds is 7. The summed E-state index contributed by atoms with van der Waals surface area (Å²) in [5.41, 5.74) is -0.378. The molecule has 0 fully saturated rings. The molecule has 0 saturated heterocycles. The summed E-state index contributed by atoms with van der Waals surface area (Å²) in [6.45, 7) is 0. The number of alkyl halides is 3. The Morgan fingerprint density at radius 3 is 2.18 bits per heavy atom. The summed E-state index contributed by atoms with van der Waals surface area (Å²) in [6.07, 6.45) is -3.48. The minimum absolute atomic E-state index is 0.276. The molecular formula is C24H17BrF3NO4. The Bertz CT molecular complexity index is 1170. The molecule has 3 aromatic rings. The van der Waals surface area contributed by atoms with Crippen LogP contribution in [0.5, 0.6) is 11.5 Å². The Labute approximate surface area is 195 Å². The first-order valence-electron chi connectivity index (χ1n) is 9.55. The second-order valence-corrected chi connectivity index (χ2v) is 7.74. The molecule has 9 heteroatoms. The SMILES string of the molecule is O=C(Cc1ccc(C(F)(F)F)cc1)NC(=Cc1ccc(Oc2ccccc2Br)cc1)C(=O)O. The van der Waals surface area contributed by atoms with Gasteiger partial charge in [-0.1, -0.05) is 36.4 Å². The van der Waals surface area contributed by atoms with E-state index in [4.69, 9.17) is 4.74 Å². The van der Waals surface area contributed by atoms with E-state index >= 15 is 0 Å². The minimum atomic E-state index is -4.47.